The van der Waals surface area contributed by atoms with Crippen molar-refractivity contribution in [2.75, 3.05) is 6.54 Å². The molecule has 0 bridgehead atoms. The molecule has 0 heterocycles. The monoisotopic (exact) mass is 466 g/mol. The number of guanidine groups is 1. The first-order valence-electron chi connectivity index (χ1n) is 11.9. The van der Waals surface area contributed by atoms with Crippen LogP contribution >= 0.6 is 0 Å². The van der Waals surface area contributed by atoms with E-state index in [0.29, 0.717) is 17.9 Å². The lowest BCUT2D eigenvalue weighted by molar-refractivity contribution is -0.629. The maximum atomic E-state index is 12.8. The van der Waals surface area contributed by atoms with E-state index in [4.69, 9.17) is 26.9 Å². The largest absolute Gasteiger partial charge is 0.392 e. The van der Waals surface area contributed by atoms with Crippen molar-refractivity contribution in [1.82, 2.24) is 5.01 Å². The molecule has 1 rings (SSSR count). The number of carbonyl (C=O) groups excluding carboxylic acids is 2. The normalized spacial score (nSPS) is 15.4. The van der Waals surface area contributed by atoms with Crippen molar-refractivity contribution in [2.45, 2.75) is 95.9 Å². The smallest absolute Gasteiger partial charge is 0.330 e. The lowest BCUT2D eigenvalue weighted by Crippen LogP contribution is -2.42. The van der Waals surface area contributed by atoms with Crippen LogP contribution in [-0.4, -0.2) is 40.5 Å². The summed E-state index contributed by atoms with van der Waals surface area (Å²) in [6, 6.07) is 1.07. The Kier molecular flexibility index (Phi) is 13.7. The SMILES string of the molecule is N#CCCCCCCCCC(C(=O)OC(=O)[C@@H](N)CCCN(C(=N)N)[N+](=O)[O-])C1CCCC1. The molecule has 1 saturated carbocycles. The molecule has 1 aliphatic rings. The van der Waals surface area contributed by atoms with E-state index in [-0.39, 0.29) is 31.2 Å². The second-order valence-corrected chi connectivity index (χ2v) is 8.70. The van der Waals surface area contributed by atoms with Gasteiger partial charge in [-0.05, 0) is 44.4 Å². The van der Waals surface area contributed by atoms with Gasteiger partial charge in [-0.15, -0.1) is 0 Å². The first-order valence-corrected chi connectivity index (χ1v) is 11.9. The number of esters is 2. The third-order valence-electron chi connectivity index (χ3n) is 6.19. The Morgan fingerprint density at radius 1 is 1.09 bits per heavy atom. The Labute approximate surface area is 195 Å². The Morgan fingerprint density at radius 2 is 1.70 bits per heavy atom. The van der Waals surface area contributed by atoms with Crippen molar-refractivity contribution in [1.29, 1.82) is 10.7 Å². The quantitative estimate of drug-likeness (QED) is 0.0583. The van der Waals surface area contributed by atoms with Crippen LogP contribution in [0.25, 0.3) is 0 Å². The molecule has 1 fully saturated rings. The summed E-state index contributed by atoms with van der Waals surface area (Å²) in [6.45, 7) is -0.168. The van der Waals surface area contributed by atoms with Gasteiger partial charge in [0, 0.05) is 6.42 Å². The predicted octanol–water partition coefficient (Wildman–Crippen LogP) is 3.00. The Bertz CT molecular complexity index is 675. The molecular formula is C22H38N6O5. The number of unbranched alkanes of at least 4 members (excludes halogenated alkanes) is 6. The fraction of sp³-hybridized carbons (Fsp3) is 0.818. The van der Waals surface area contributed by atoms with Crippen LogP contribution in [0.2, 0.25) is 0 Å². The number of hydrogen-bond donors (Lipinski definition) is 3. The van der Waals surface area contributed by atoms with Crippen molar-refractivity contribution in [2.24, 2.45) is 23.3 Å². The highest BCUT2D eigenvalue weighted by molar-refractivity contribution is 5.89. The number of nitrogens with one attached hydrogen (secondary N) is 1. The maximum absolute atomic E-state index is 12.8. The molecule has 0 spiro atoms. The second kappa shape index (κ2) is 16.0. The zero-order valence-electron chi connectivity index (χ0n) is 19.4. The van der Waals surface area contributed by atoms with Crippen molar-refractivity contribution >= 4 is 17.9 Å². The standard InChI is InChI=1S/C22H38N6O5/c23-15-9-5-3-1-2-4-6-13-18(17-11-7-8-12-17)20(29)33-21(30)19(24)14-10-16-27(22(25)26)28(31)32/h17-19H,1-14,16,24H2,(H3,25,26)/t18?,19-/m0/s1. The number of hydrogen-bond acceptors (Lipinski definition) is 8. The molecule has 0 aromatic rings. The summed E-state index contributed by atoms with van der Waals surface area (Å²) in [4.78, 5) is 35.9. The van der Waals surface area contributed by atoms with Gasteiger partial charge in [-0.2, -0.15) is 5.26 Å². The molecule has 1 unspecified atom stereocenters. The Morgan fingerprint density at radius 3 is 2.27 bits per heavy atom. The fourth-order valence-electron chi connectivity index (χ4n) is 4.30. The molecule has 11 nitrogen and oxygen atoms in total. The van der Waals surface area contributed by atoms with E-state index in [0.717, 1.165) is 64.2 Å². The van der Waals surface area contributed by atoms with E-state index < -0.39 is 29.0 Å². The second-order valence-electron chi connectivity index (χ2n) is 8.70. The predicted molar refractivity (Wildman–Crippen MR) is 122 cm³/mol. The van der Waals surface area contributed by atoms with Gasteiger partial charge >= 0.3 is 11.9 Å². The van der Waals surface area contributed by atoms with Crippen LogP contribution in [0.4, 0.5) is 0 Å². The number of ether oxygens (including phenoxy) is 1. The summed E-state index contributed by atoms with van der Waals surface area (Å²) in [5.74, 6) is -2.14. The van der Waals surface area contributed by atoms with E-state index >= 15 is 0 Å². The third kappa shape index (κ3) is 11.1. The van der Waals surface area contributed by atoms with Crippen molar-refractivity contribution in [3.05, 3.63) is 10.1 Å². The number of nitrogens with zero attached hydrogens (tertiary/aromatic N) is 3. The van der Waals surface area contributed by atoms with E-state index in [2.05, 4.69) is 6.07 Å². The highest BCUT2D eigenvalue weighted by atomic mass is 16.7. The van der Waals surface area contributed by atoms with Gasteiger partial charge in [0.1, 0.15) is 6.04 Å². The molecule has 0 aromatic carbocycles. The minimum Gasteiger partial charge on any atom is -0.392 e. The van der Waals surface area contributed by atoms with Gasteiger partial charge in [-0.1, -0.05) is 50.0 Å². The van der Waals surface area contributed by atoms with Crippen LogP contribution in [-0.2, 0) is 14.3 Å². The summed E-state index contributed by atoms with van der Waals surface area (Å²) < 4.78 is 5.11. The lowest BCUT2D eigenvalue weighted by Gasteiger charge is -2.22. The molecule has 0 aliphatic heterocycles. The van der Waals surface area contributed by atoms with Gasteiger partial charge in [0.2, 0.25) is 0 Å². The summed E-state index contributed by atoms with van der Waals surface area (Å²) in [7, 11) is 0. The summed E-state index contributed by atoms with van der Waals surface area (Å²) >= 11 is 0. The maximum Gasteiger partial charge on any atom is 0.330 e. The number of nitro groups is 1. The topological polar surface area (TPSA) is 189 Å². The summed E-state index contributed by atoms with van der Waals surface area (Å²) in [5.41, 5.74) is 11.0. The zero-order chi connectivity index (χ0) is 24.6. The van der Waals surface area contributed by atoms with Crippen LogP contribution < -0.4 is 11.5 Å². The molecule has 2 atom stereocenters. The van der Waals surface area contributed by atoms with Crippen LogP contribution in [0.1, 0.15) is 89.9 Å². The molecule has 33 heavy (non-hydrogen) atoms. The average Bonchev–Trinajstić information content (AvgIpc) is 3.29. The Hall–Kier alpha value is -2.74. The average molecular weight is 467 g/mol. The molecular weight excluding hydrogens is 428 g/mol. The molecule has 186 valence electrons. The molecule has 0 saturated heterocycles. The highest BCUT2D eigenvalue weighted by Crippen LogP contribution is 2.35. The van der Waals surface area contributed by atoms with Gasteiger partial charge in [-0.25, -0.2) is 14.9 Å². The summed E-state index contributed by atoms with van der Waals surface area (Å²) in [6.07, 6.45) is 11.5. The van der Waals surface area contributed by atoms with E-state index in [1.807, 2.05) is 0 Å². The molecule has 0 radical (unpaired) electrons. The van der Waals surface area contributed by atoms with Crippen LogP contribution in [0.15, 0.2) is 0 Å². The Balaban J connectivity index is 2.45. The first kappa shape index (κ1) is 28.3. The van der Waals surface area contributed by atoms with Crippen LogP contribution in [0, 0.1) is 38.7 Å². The van der Waals surface area contributed by atoms with Crippen LogP contribution in [0.5, 0.6) is 0 Å². The first-order chi connectivity index (χ1) is 15.8. The van der Waals surface area contributed by atoms with E-state index in [1.165, 1.54) is 0 Å². The molecule has 0 aromatic heterocycles. The zero-order valence-corrected chi connectivity index (χ0v) is 19.4. The number of rotatable bonds is 16. The third-order valence-corrected chi connectivity index (χ3v) is 6.19. The fourth-order valence-corrected chi connectivity index (χ4v) is 4.30. The molecule has 5 N–H and O–H groups in total. The van der Waals surface area contributed by atoms with Gasteiger partial charge < -0.3 is 16.2 Å². The summed E-state index contributed by atoms with van der Waals surface area (Å²) in [5, 5.41) is 26.2. The van der Waals surface area contributed by atoms with Crippen molar-refractivity contribution in [3.8, 4) is 6.07 Å². The molecule has 11 heteroatoms. The van der Waals surface area contributed by atoms with Gasteiger partial charge in [0.25, 0.3) is 5.96 Å². The van der Waals surface area contributed by atoms with Crippen molar-refractivity contribution in [3.63, 3.8) is 0 Å². The number of carbonyl (C=O) groups is 2. The van der Waals surface area contributed by atoms with Crippen LogP contribution in [0.3, 0.4) is 0 Å². The van der Waals surface area contributed by atoms with E-state index in [9.17, 15) is 19.7 Å². The number of nitrogens with two attached hydrogens (primary N) is 2. The highest BCUT2D eigenvalue weighted by Gasteiger charge is 2.33. The number of nitriles is 1. The van der Waals surface area contributed by atoms with Crippen molar-refractivity contribution < 1.29 is 19.4 Å². The molecule has 1 aliphatic carbocycles. The van der Waals surface area contributed by atoms with Gasteiger partial charge in [-0.3, -0.25) is 10.2 Å². The van der Waals surface area contributed by atoms with Gasteiger partial charge in [0.15, 0.2) is 5.03 Å². The minimum atomic E-state index is -1.08. The number of hydrazine groups is 1. The minimum absolute atomic E-state index is 0.0730. The van der Waals surface area contributed by atoms with Gasteiger partial charge in [0.05, 0.1) is 18.5 Å². The molecule has 0 amide bonds. The van der Waals surface area contributed by atoms with E-state index in [1.54, 1.807) is 0 Å². The lowest BCUT2D eigenvalue weighted by atomic mass is 9.86.